The first-order valence-corrected chi connectivity index (χ1v) is 13.6. The zero-order valence-corrected chi connectivity index (χ0v) is 23.8. The van der Waals surface area contributed by atoms with E-state index in [2.05, 4.69) is 34.1 Å². The molecule has 3 atom stereocenters. The van der Waals surface area contributed by atoms with Crippen molar-refractivity contribution < 1.29 is 50.5 Å². The fourth-order valence-corrected chi connectivity index (χ4v) is 6.05. The number of hydrogen-bond donors (Lipinski definition) is 3. The first-order valence-electron chi connectivity index (χ1n) is 12.7. The number of carbonyl (C=O) groups is 2. The van der Waals surface area contributed by atoms with E-state index in [9.17, 15) is 31.1 Å². The average Bonchev–Trinajstić information content (AvgIpc) is 3.27. The number of halogens is 6. The number of carboxylic acid groups (broad SMARTS) is 1. The molecule has 2 aromatic carbocycles. The van der Waals surface area contributed by atoms with Gasteiger partial charge in [0.15, 0.2) is 11.5 Å². The third-order valence-corrected chi connectivity index (χ3v) is 8.26. The molecule has 1 heterocycles. The summed E-state index contributed by atoms with van der Waals surface area (Å²) < 4.78 is 84.1. The summed E-state index contributed by atoms with van der Waals surface area (Å²) in [6.07, 6.45) is -5.99. The van der Waals surface area contributed by atoms with E-state index in [-0.39, 0.29) is 17.5 Å². The van der Waals surface area contributed by atoms with Gasteiger partial charge in [-0.25, -0.2) is 9.59 Å². The third kappa shape index (κ3) is 7.94. The maximum Gasteiger partial charge on any atom is 0.490 e. The third-order valence-electron chi connectivity index (χ3n) is 7.49. The molecule has 1 aliphatic heterocycles. The molecule has 2 aromatic rings. The van der Waals surface area contributed by atoms with Crippen molar-refractivity contribution in [2.75, 3.05) is 27.8 Å². The average molecular weight is 624 g/mol. The lowest BCUT2D eigenvalue weighted by molar-refractivity contribution is -0.192. The Morgan fingerprint density at radius 2 is 1.69 bits per heavy atom. The summed E-state index contributed by atoms with van der Waals surface area (Å²) in [7, 11) is 5.36. The number of likely N-dealkylation sites (tertiary alicyclic amines) is 1. The van der Waals surface area contributed by atoms with E-state index in [0.29, 0.717) is 16.4 Å². The van der Waals surface area contributed by atoms with Gasteiger partial charge in [-0.15, -0.1) is 0 Å². The second-order valence-corrected chi connectivity index (χ2v) is 10.8. The molecule has 0 aromatic heterocycles. The van der Waals surface area contributed by atoms with Gasteiger partial charge in [-0.3, -0.25) is 4.72 Å². The predicted octanol–water partition coefficient (Wildman–Crippen LogP) is 5.86. The van der Waals surface area contributed by atoms with Gasteiger partial charge in [0, 0.05) is 22.4 Å². The molecule has 15 heteroatoms. The highest BCUT2D eigenvalue weighted by Crippen LogP contribution is 2.49. The topological polar surface area (TPSA) is 100 Å². The van der Waals surface area contributed by atoms with Gasteiger partial charge in [0.1, 0.15) is 0 Å². The lowest BCUT2D eigenvalue weighted by atomic mass is 9.65. The summed E-state index contributed by atoms with van der Waals surface area (Å²) in [6.45, 7) is 0.962. The summed E-state index contributed by atoms with van der Waals surface area (Å²) in [5, 5.41) is 10.1. The van der Waals surface area contributed by atoms with Crippen LogP contribution in [0, 0.1) is 0 Å². The minimum atomic E-state index is -5.08. The van der Waals surface area contributed by atoms with Crippen molar-refractivity contribution >= 4 is 23.9 Å². The molecule has 3 unspecified atom stereocenters. The maximum absolute atomic E-state index is 12.9. The van der Waals surface area contributed by atoms with Crippen LogP contribution in [0.25, 0.3) is 0 Å². The lowest BCUT2D eigenvalue weighted by Crippen LogP contribution is -2.52. The minimum Gasteiger partial charge on any atom is -0.493 e. The first-order chi connectivity index (χ1) is 19.6. The Labute approximate surface area is 242 Å². The van der Waals surface area contributed by atoms with Crippen molar-refractivity contribution in [2.45, 2.75) is 60.4 Å². The maximum atomic E-state index is 12.9. The SMILES string of the molecule is COc1ccc(C23CCC(NC(=O)NSc4cccc(C(F)(F)F)c4)CC2N(C)CC3)cc1OC.O=C(O)C(F)(F)F. The van der Waals surface area contributed by atoms with Gasteiger partial charge in [0.2, 0.25) is 0 Å². The van der Waals surface area contributed by atoms with Gasteiger partial charge < -0.3 is 24.8 Å². The van der Waals surface area contributed by atoms with E-state index >= 15 is 0 Å². The molecule has 2 aliphatic rings. The molecule has 4 rings (SSSR count). The molecule has 0 radical (unpaired) electrons. The minimum absolute atomic E-state index is 0.0315. The molecular formula is C27H31F6N3O5S. The second-order valence-electron chi connectivity index (χ2n) is 9.95. The van der Waals surface area contributed by atoms with E-state index in [1.165, 1.54) is 17.7 Å². The number of hydrogen-bond acceptors (Lipinski definition) is 6. The van der Waals surface area contributed by atoms with Crippen LogP contribution in [-0.4, -0.2) is 68.1 Å². The number of fused-ring (bicyclic) bond motifs is 1. The molecule has 8 nitrogen and oxygen atoms in total. The Balaban J connectivity index is 0.000000616. The monoisotopic (exact) mass is 623 g/mol. The molecule has 1 saturated carbocycles. The number of aliphatic carboxylic acids is 1. The Kier molecular flexibility index (Phi) is 10.5. The fourth-order valence-electron chi connectivity index (χ4n) is 5.45. The normalized spacial score (nSPS) is 22.3. The van der Waals surface area contributed by atoms with Crippen LogP contribution in [0.1, 0.15) is 36.8 Å². The molecule has 42 heavy (non-hydrogen) atoms. The van der Waals surface area contributed by atoms with Crippen LogP contribution in [-0.2, 0) is 16.4 Å². The summed E-state index contributed by atoms with van der Waals surface area (Å²) in [5.41, 5.74) is 0.440. The van der Waals surface area contributed by atoms with Crippen LogP contribution in [0.5, 0.6) is 11.5 Å². The first kappa shape index (κ1) is 33.2. The number of ether oxygens (including phenoxy) is 2. The fraction of sp³-hybridized carbons (Fsp3) is 0.481. The van der Waals surface area contributed by atoms with E-state index in [1.807, 2.05) is 6.07 Å². The van der Waals surface area contributed by atoms with E-state index in [1.54, 1.807) is 14.2 Å². The lowest BCUT2D eigenvalue weighted by Gasteiger charge is -2.45. The highest BCUT2D eigenvalue weighted by Gasteiger charge is 2.50. The number of nitrogens with zero attached hydrogens (tertiary/aromatic N) is 1. The standard InChI is InChI=1S/C25H30F3N3O3S.C2HF3O2/c1-31-12-11-24(16-7-8-20(33-2)21(14-16)34-3)10-9-18(15-22(24)31)29-23(32)30-35-19-6-4-5-17(13-19)25(26,27)28;3-2(4,5)1(6)7/h4-8,13-14,18,22H,9-12,15H2,1-3H3,(H2,29,30,32);(H,6,7). The molecule has 0 bridgehead atoms. The number of amides is 2. The van der Waals surface area contributed by atoms with Crippen LogP contribution in [0.15, 0.2) is 47.4 Å². The van der Waals surface area contributed by atoms with Crippen LogP contribution >= 0.6 is 11.9 Å². The van der Waals surface area contributed by atoms with E-state index in [0.717, 1.165) is 56.3 Å². The van der Waals surface area contributed by atoms with Crippen molar-refractivity contribution in [1.82, 2.24) is 14.9 Å². The second kappa shape index (κ2) is 13.3. The number of nitrogens with one attached hydrogen (secondary N) is 2. The number of carboxylic acids is 1. The van der Waals surface area contributed by atoms with Crippen LogP contribution in [0.3, 0.4) is 0 Å². The van der Waals surface area contributed by atoms with Crippen molar-refractivity contribution in [1.29, 1.82) is 0 Å². The number of likely N-dealkylation sites (N-methyl/N-ethyl adjacent to an activating group) is 1. The quantitative estimate of drug-likeness (QED) is 0.274. The molecule has 3 N–H and O–H groups in total. The number of rotatable bonds is 6. The van der Waals surface area contributed by atoms with Gasteiger partial charge >= 0.3 is 24.4 Å². The van der Waals surface area contributed by atoms with E-state index < -0.39 is 29.9 Å². The van der Waals surface area contributed by atoms with Crippen LogP contribution in [0.4, 0.5) is 31.1 Å². The Morgan fingerprint density at radius 3 is 2.29 bits per heavy atom. The van der Waals surface area contributed by atoms with Crippen LogP contribution < -0.4 is 19.5 Å². The summed E-state index contributed by atoms with van der Waals surface area (Å²) in [6, 6.07) is 10.8. The summed E-state index contributed by atoms with van der Waals surface area (Å²) in [5.74, 6) is -1.35. The van der Waals surface area contributed by atoms with Gasteiger partial charge in [0.25, 0.3) is 0 Å². The zero-order valence-electron chi connectivity index (χ0n) is 22.9. The van der Waals surface area contributed by atoms with Gasteiger partial charge in [-0.1, -0.05) is 12.1 Å². The molecule has 2 amide bonds. The van der Waals surface area contributed by atoms with E-state index in [4.69, 9.17) is 19.4 Å². The molecule has 232 valence electrons. The van der Waals surface area contributed by atoms with Crippen molar-refractivity contribution in [3.8, 4) is 11.5 Å². The zero-order chi connectivity index (χ0) is 31.3. The molecule has 1 saturated heterocycles. The number of methoxy groups -OCH3 is 2. The van der Waals surface area contributed by atoms with Crippen LogP contribution in [0.2, 0.25) is 0 Å². The van der Waals surface area contributed by atoms with Gasteiger partial charge in [-0.2, -0.15) is 26.3 Å². The molecule has 2 fully saturated rings. The van der Waals surface area contributed by atoms with Crippen molar-refractivity contribution in [2.24, 2.45) is 0 Å². The highest BCUT2D eigenvalue weighted by molar-refractivity contribution is 7.98. The number of benzene rings is 2. The Bertz CT molecular complexity index is 1260. The number of urea groups is 1. The highest BCUT2D eigenvalue weighted by atomic mass is 32.2. The molecular weight excluding hydrogens is 592 g/mol. The van der Waals surface area contributed by atoms with Gasteiger partial charge in [0.05, 0.1) is 19.8 Å². The van der Waals surface area contributed by atoms with Gasteiger partial charge in [-0.05, 0) is 87.1 Å². The predicted molar refractivity (Wildman–Crippen MR) is 143 cm³/mol. The van der Waals surface area contributed by atoms with Crippen molar-refractivity contribution in [3.05, 3.63) is 53.6 Å². The Morgan fingerprint density at radius 1 is 1.02 bits per heavy atom. The number of carbonyl (C=O) groups excluding carboxylic acids is 1. The number of alkyl halides is 6. The summed E-state index contributed by atoms with van der Waals surface area (Å²) >= 11 is 0.873. The molecule has 1 aliphatic carbocycles. The van der Waals surface area contributed by atoms with Crippen molar-refractivity contribution in [3.63, 3.8) is 0 Å². The Hall–Kier alpha value is -3.33. The smallest absolute Gasteiger partial charge is 0.490 e. The molecule has 0 spiro atoms. The largest absolute Gasteiger partial charge is 0.493 e. The summed E-state index contributed by atoms with van der Waals surface area (Å²) in [4.78, 5) is 24.1.